The Balaban J connectivity index is 0.00000222. The molecule has 0 bridgehead atoms. The van der Waals surface area contributed by atoms with Gasteiger partial charge in [-0.3, -0.25) is 0 Å². The zero-order valence-electron chi connectivity index (χ0n) is 64.1. The van der Waals surface area contributed by atoms with E-state index >= 15 is 0 Å². The number of fused-ring (bicyclic) bond motifs is 1. The first-order chi connectivity index (χ1) is 50.6. The maximum Gasteiger partial charge on any atom is 0.0416 e. The maximum atomic E-state index is 7.05. The summed E-state index contributed by atoms with van der Waals surface area (Å²) in [5, 5.41) is 3.44. The number of nitrogens with one attached hydrogen (secondary N) is 1. The summed E-state index contributed by atoms with van der Waals surface area (Å²) in [6.07, 6.45) is -84.9. The SMILES string of the molecule is CN1CCN(c2cccc3c2CNC3)CC1.[B]B([B])B(B([B])[B])B(B(B([B])[B])B([B])[B])B(B(B(B([B])[B])B([B])[B])B(B([B])[B])B([B])[B])B(B(B(B(B([B])[B])B([B])[B])B(B([B])[B])B([B])[B])B(B(B([B])[B])B([B])[B])B(B([B])[B])B([B])[B])B(B(B(B([B])[B])B([B])[B])B(B([B])[B])B([B])[B])B(B(B([B])[B])B([B])[B])B(B([B])[B])B([B])[B]. The van der Waals surface area contributed by atoms with Gasteiger partial charge in [0.25, 0.3) is 0 Å². The number of piperazine rings is 1. The second-order valence-corrected chi connectivity index (χ2v) is 31.4. The summed E-state index contributed by atoms with van der Waals surface area (Å²) in [5.41, 5.74) is 4.46. The predicted molar refractivity (Wildman–Crippen MR) is 608 cm³/mol. The minimum Gasteiger partial charge on any atom is -0.369 e. The molecule has 0 saturated carbocycles. The van der Waals surface area contributed by atoms with Crippen LogP contribution in [0.3, 0.4) is 0 Å². The van der Waals surface area contributed by atoms with Crippen molar-refractivity contribution >= 4 is 671 Å². The maximum absolute atomic E-state index is 7.05. The lowest BCUT2D eigenvalue weighted by molar-refractivity contribution is 0.312. The van der Waals surface area contributed by atoms with Gasteiger partial charge in [0, 0.05) is 710 Å². The summed E-state index contributed by atoms with van der Waals surface area (Å²) in [5.74, 6) is 0. The van der Waals surface area contributed by atoms with Crippen LogP contribution in [0.2, 0.25) is 0 Å². The normalized spacial score (nSPS) is 11.5. The fraction of sp³-hybridized carbons (Fsp3) is 0.538. The van der Waals surface area contributed by atoms with Crippen LogP contribution in [0.25, 0.3) is 0 Å². The van der Waals surface area contributed by atoms with E-state index in [9.17, 15) is 0 Å². The molecule has 110 heavy (non-hydrogen) atoms. The fourth-order valence-electron chi connectivity index (χ4n) is 19.6. The number of hydrogen-bond donors (Lipinski definition) is 1. The van der Waals surface area contributed by atoms with Crippen LogP contribution >= 0.6 is 0 Å². The number of nitrogens with zero attached hydrogens (tertiary/aromatic N) is 2. The van der Waals surface area contributed by atoms with E-state index in [-0.39, 0.29) is 0 Å². The van der Waals surface area contributed by atoms with E-state index in [1.165, 1.54) is 29.9 Å². The topological polar surface area (TPSA) is 18.5 Å². The van der Waals surface area contributed by atoms with E-state index in [4.69, 9.17) is 371 Å². The van der Waals surface area contributed by atoms with E-state index in [1.54, 1.807) is 0 Å². The average molecular weight is 1230 g/mol. The van der Waals surface area contributed by atoms with E-state index in [1.807, 2.05) is 0 Å². The summed E-state index contributed by atoms with van der Waals surface area (Å²) in [7, 11) is 340. The first kappa shape index (κ1) is 111. The molecular formula is C13H19B94N3. The van der Waals surface area contributed by atoms with Gasteiger partial charge in [-0.15, -0.1) is 0 Å². The van der Waals surface area contributed by atoms with Crippen molar-refractivity contribution in [2.75, 3.05) is 38.1 Å². The van der Waals surface area contributed by atoms with Crippen molar-refractivity contribution < 1.29 is 0 Å². The van der Waals surface area contributed by atoms with Gasteiger partial charge in [-0.05, 0) is 24.2 Å². The van der Waals surface area contributed by atoms with Crippen molar-refractivity contribution in [3.63, 3.8) is 0 Å². The smallest absolute Gasteiger partial charge is 0.0416 e. The van der Waals surface area contributed by atoms with Crippen molar-refractivity contribution in [3.05, 3.63) is 29.3 Å². The number of benzene rings is 1. The van der Waals surface area contributed by atoms with Gasteiger partial charge in [-0.25, -0.2) is 0 Å². The molecule has 1 fully saturated rings. The Hall–Kier alpha value is 5.04. The van der Waals surface area contributed by atoms with Gasteiger partial charge in [-0.2, -0.15) is 0 Å². The summed E-state index contributed by atoms with van der Waals surface area (Å²) in [4.78, 5) is 4.93. The molecule has 2 heterocycles. The van der Waals surface area contributed by atoms with Crippen molar-refractivity contribution in [1.29, 1.82) is 0 Å². The molecule has 1 aromatic carbocycles. The zero-order chi connectivity index (χ0) is 85.5. The molecule has 0 spiro atoms. The van der Waals surface area contributed by atoms with Gasteiger partial charge in [0.05, 0.1) is 0 Å². The van der Waals surface area contributed by atoms with Crippen LogP contribution in [0.1, 0.15) is 11.1 Å². The van der Waals surface area contributed by atoms with Crippen molar-refractivity contribution in [1.82, 2.24) is 10.2 Å². The molecule has 0 aromatic heterocycles. The number of likely N-dealkylation sites (N-methyl/N-ethyl adjacent to an activating group) is 1. The Bertz CT molecular complexity index is 2060. The molecule has 2 aliphatic rings. The van der Waals surface area contributed by atoms with Crippen molar-refractivity contribution in [2.24, 2.45) is 0 Å². The Morgan fingerprint density at radius 3 is 0.491 bits per heavy atom. The molecule has 1 saturated heterocycles. The van der Waals surface area contributed by atoms with Gasteiger partial charge in [0.2, 0.25) is 0 Å². The van der Waals surface area contributed by atoms with Crippen LogP contribution in [-0.4, -0.2) is 703 Å². The molecule has 1 aromatic rings. The van der Waals surface area contributed by atoms with Gasteiger partial charge in [-0.1, -0.05) is 12.1 Å². The number of hydrogen-bond acceptors (Lipinski definition) is 3. The lowest BCUT2D eigenvalue weighted by atomic mass is 8.19. The Morgan fingerprint density at radius 2 is 0.345 bits per heavy atom. The minimum atomic E-state index is -2.22. The first-order valence-corrected chi connectivity index (χ1v) is 37.1. The summed E-state index contributed by atoms with van der Waals surface area (Å²) in [6.45, 7) is 6.75. The van der Waals surface area contributed by atoms with Crippen LogP contribution in [-0.2, 0) is 13.1 Å². The molecule has 2 aliphatic heterocycles. The quantitative estimate of drug-likeness (QED) is 0.0657. The van der Waals surface area contributed by atoms with Gasteiger partial charge < -0.3 is 15.1 Å². The van der Waals surface area contributed by atoms with E-state index in [0.29, 0.717) is 0 Å². The fourth-order valence-corrected chi connectivity index (χ4v) is 19.6. The van der Waals surface area contributed by atoms with Gasteiger partial charge >= 0.3 is 0 Å². The third-order valence-electron chi connectivity index (χ3n) is 23.7. The first-order valence-electron chi connectivity index (χ1n) is 37.1. The molecule has 0 amide bonds. The van der Waals surface area contributed by atoms with E-state index < -0.39 is 294 Å². The number of rotatable bonds is 46. The second-order valence-electron chi connectivity index (χ2n) is 31.4. The van der Waals surface area contributed by atoms with Crippen LogP contribution in [0, 0.1) is 0 Å². The number of anilines is 1. The van der Waals surface area contributed by atoms with E-state index in [2.05, 4.69) is 40.4 Å². The highest BCUT2D eigenvalue weighted by Crippen LogP contribution is 2.31. The molecule has 3 rings (SSSR count). The second kappa shape index (κ2) is 51.6. The van der Waals surface area contributed by atoms with Crippen LogP contribution < -0.4 is 10.2 Å². The highest BCUT2D eigenvalue weighted by Gasteiger charge is 2.68. The average Bonchev–Trinajstić information content (AvgIpc) is 0.764. The Morgan fingerprint density at radius 1 is 0.200 bits per heavy atom. The monoisotopic (exact) mass is 1250 g/mol. The summed E-state index contributed by atoms with van der Waals surface area (Å²) < 4.78 is 0. The molecule has 0 atom stereocenters. The Labute approximate surface area is 754 Å². The largest absolute Gasteiger partial charge is 0.369 e. The minimum absolute atomic E-state index is 1.04. The lowest BCUT2D eigenvalue weighted by Crippen LogP contribution is -3.01. The Kier molecular flexibility index (Phi) is 52.1. The molecule has 3 nitrogen and oxygen atoms in total. The molecule has 0 unspecified atom stereocenters. The lowest BCUT2D eigenvalue weighted by Gasteiger charge is -2.63. The van der Waals surface area contributed by atoms with E-state index in [0.717, 1.165) is 26.2 Å². The third-order valence-corrected chi connectivity index (χ3v) is 23.7. The summed E-state index contributed by atoms with van der Waals surface area (Å²) >= 11 is 0. The van der Waals surface area contributed by atoms with Crippen molar-refractivity contribution in [3.8, 4) is 0 Å². The third kappa shape index (κ3) is 29.6. The van der Waals surface area contributed by atoms with Gasteiger partial charge in [0.1, 0.15) is 0 Å². The van der Waals surface area contributed by atoms with Gasteiger partial charge in [0.15, 0.2) is 0 Å². The van der Waals surface area contributed by atoms with Crippen molar-refractivity contribution in [2.45, 2.75) is 13.1 Å². The van der Waals surface area contributed by atoms with Crippen LogP contribution in [0.4, 0.5) is 5.69 Å². The predicted octanol–water partition coefficient (Wildman–Crippen LogP) is -34.8. The van der Waals surface area contributed by atoms with Crippen LogP contribution in [0.15, 0.2) is 18.2 Å². The molecule has 368 valence electrons. The highest BCUT2D eigenvalue weighted by molar-refractivity contribution is 8.43. The standard InChI is InChI=1S/C13H19N3.B94/c1-15-5-7-16(8-6-15)13-4-2-3-11-9-14-10-12(11)13;1-49(2)73(50(3)4)85(74(51(5)6)52(7)8)91(86(75(53(9)10)54(11)12)76(55(13)14)56(15)16)94(92(87(77(57(17)18)58(19)20)78(59(21)22)60(23)24)88(79(61(25)26)62(27)28)80(63(29)30)64(31)32)93(89(81(65(33)34)66(35)36)82(67(37)38)68(39)40)90(83(69(41)42)70(43)44)84(71(45)46)72(47)48/h2-4,14H,5-10H2,1H3;. The molecular weight excluding hydrogens is 1210 g/mol. The molecule has 1 N–H and O–H groups in total. The molecule has 97 heteroatoms. The zero-order valence-corrected chi connectivity index (χ0v) is 64.1. The highest BCUT2D eigenvalue weighted by atomic mass is 15.2. The summed E-state index contributed by atoms with van der Waals surface area (Å²) in [6, 6.07) is 6.71. The molecule has 96 radical (unpaired) electrons. The van der Waals surface area contributed by atoms with Crippen LogP contribution in [0.5, 0.6) is 0 Å². The molecule has 0 aliphatic carbocycles.